The number of urea groups is 1. The van der Waals surface area contributed by atoms with Crippen molar-refractivity contribution in [2.75, 3.05) is 25.6 Å². The molecular formula is C12H15BrN2O4. The summed E-state index contributed by atoms with van der Waals surface area (Å²) in [7, 11) is 1.53. The molecule has 0 unspecified atom stereocenters. The molecule has 2 N–H and O–H groups in total. The molecular weight excluding hydrogens is 316 g/mol. The lowest BCUT2D eigenvalue weighted by Gasteiger charge is -2.09. The highest BCUT2D eigenvalue weighted by Crippen LogP contribution is 2.24. The fourth-order valence-electron chi connectivity index (χ4n) is 1.29. The average Bonchev–Trinajstić information content (AvgIpc) is 2.36. The number of amides is 2. The maximum absolute atomic E-state index is 11.5. The molecule has 0 aliphatic carbocycles. The lowest BCUT2D eigenvalue weighted by Crippen LogP contribution is -2.34. The fourth-order valence-corrected chi connectivity index (χ4v) is 1.76. The molecule has 0 atom stereocenters. The maximum atomic E-state index is 11.5. The minimum absolute atomic E-state index is 0.176. The van der Waals surface area contributed by atoms with Crippen LogP contribution in [0.3, 0.4) is 0 Å². The number of carbonyl (C=O) groups is 2. The van der Waals surface area contributed by atoms with Gasteiger partial charge in [-0.05, 0) is 19.1 Å². The van der Waals surface area contributed by atoms with Crippen LogP contribution < -0.4 is 15.4 Å². The van der Waals surface area contributed by atoms with Gasteiger partial charge in [0.25, 0.3) is 0 Å². The minimum atomic E-state index is -0.492. The zero-order valence-electron chi connectivity index (χ0n) is 10.7. The highest BCUT2D eigenvalue weighted by molar-refractivity contribution is 9.10. The quantitative estimate of drug-likeness (QED) is 0.811. The van der Waals surface area contributed by atoms with E-state index in [0.29, 0.717) is 11.4 Å². The number of halogens is 1. The summed E-state index contributed by atoms with van der Waals surface area (Å²) in [5.74, 6) is 0.125. The van der Waals surface area contributed by atoms with Crippen molar-refractivity contribution in [3.05, 3.63) is 22.7 Å². The molecule has 1 aromatic rings. The first kappa shape index (κ1) is 15.3. The number of benzene rings is 1. The van der Waals surface area contributed by atoms with E-state index >= 15 is 0 Å². The van der Waals surface area contributed by atoms with Crippen LogP contribution in [-0.4, -0.2) is 32.3 Å². The van der Waals surface area contributed by atoms with E-state index < -0.39 is 12.0 Å². The molecule has 0 saturated heterocycles. The minimum Gasteiger partial charge on any atom is -0.497 e. The summed E-state index contributed by atoms with van der Waals surface area (Å²) in [6, 6.07) is 4.65. The number of ether oxygens (including phenoxy) is 2. The summed E-state index contributed by atoms with van der Waals surface area (Å²) in [6.45, 7) is 1.81. The smallest absolute Gasteiger partial charge is 0.325 e. The second-order valence-electron chi connectivity index (χ2n) is 3.49. The van der Waals surface area contributed by atoms with E-state index in [-0.39, 0.29) is 13.2 Å². The summed E-state index contributed by atoms with van der Waals surface area (Å²) in [5, 5.41) is 4.98. The van der Waals surface area contributed by atoms with Crippen LogP contribution in [-0.2, 0) is 9.53 Å². The Balaban J connectivity index is 2.52. The summed E-state index contributed by atoms with van der Waals surface area (Å²) < 4.78 is 10.5. The van der Waals surface area contributed by atoms with Gasteiger partial charge < -0.3 is 20.1 Å². The topological polar surface area (TPSA) is 76.7 Å². The first-order valence-corrected chi connectivity index (χ1v) is 6.39. The van der Waals surface area contributed by atoms with Crippen molar-refractivity contribution in [1.82, 2.24) is 5.32 Å². The van der Waals surface area contributed by atoms with Crippen molar-refractivity contribution in [3.8, 4) is 5.75 Å². The van der Waals surface area contributed by atoms with Gasteiger partial charge in [0.15, 0.2) is 0 Å². The predicted molar refractivity (Wildman–Crippen MR) is 74.3 cm³/mol. The lowest BCUT2D eigenvalue weighted by molar-refractivity contribution is -0.141. The summed E-state index contributed by atoms with van der Waals surface area (Å²) in [6.07, 6.45) is 0. The second kappa shape index (κ2) is 7.63. The van der Waals surface area contributed by atoms with E-state index in [0.717, 1.165) is 4.47 Å². The van der Waals surface area contributed by atoms with Crippen LogP contribution in [0, 0.1) is 0 Å². The van der Waals surface area contributed by atoms with Gasteiger partial charge >= 0.3 is 12.0 Å². The predicted octanol–water partition coefficient (Wildman–Crippen LogP) is 2.14. The number of hydrogen-bond acceptors (Lipinski definition) is 4. The van der Waals surface area contributed by atoms with Gasteiger partial charge in [-0.25, -0.2) is 4.79 Å². The Morgan fingerprint density at radius 2 is 2.05 bits per heavy atom. The van der Waals surface area contributed by atoms with E-state index in [1.807, 2.05) is 0 Å². The normalized spacial score (nSPS) is 9.63. The zero-order valence-corrected chi connectivity index (χ0v) is 12.2. The van der Waals surface area contributed by atoms with Gasteiger partial charge in [-0.3, -0.25) is 4.79 Å². The molecule has 0 aliphatic heterocycles. The van der Waals surface area contributed by atoms with Crippen molar-refractivity contribution in [3.63, 3.8) is 0 Å². The Morgan fingerprint density at radius 1 is 1.32 bits per heavy atom. The van der Waals surface area contributed by atoms with Crippen molar-refractivity contribution >= 4 is 33.6 Å². The molecule has 19 heavy (non-hydrogen) atoms. The number of anilines is 1. The number of hydrogen-bond donors (Lipinski definition) is 2. The molecule has 0 radical (unpaired) electrons. The molecule has 6 nitrogen and oxygen atoms in total. The Kier molecular flexibility index (Phi) is 6.14. The maximum Gasteiger partial charge on any atom is 0.325 e. The van der Waals surface area contributed by atoms with Gasteiger partial charge in [-0.2, -0.15) is 0 Å². The fraction of sp³-hybridized carbons (Fsp3) is 0.333. The largest absolute Gasteiger partial charge is 0.497 e. The number of rotatable bonds is 5. The van der Waals surface area contributed by atoms with Crippen LogP contribution in [0.2, 0.25) is 0 Å². The Labute approximate surface area is 119 Å². The highest BCUT2D eigenvalue weighted by Gasteiger charge is 2.07. The van der Waals surface area contributed by atoms with E-state index in [1.165, 1.54) is 7.11 Å². The second-order valence-corrected chi connectivity index (χ2v) is 4.41. The van der Waals surface area contributed by atoms with E-state index in [2.05, 4.69) is 31.3 Å². The lowest BCUT2D eigenvalue weighted by atomic mass is 10.3. The van der Waals surface area contributed by atoms with E-state index in [4.69, 9.17) is 4.74 Å². The Bertz CT molecular complexity index is 465. The third-order valence-electron chi connectivity index (χ3n) is 2.06. The van der Waals surface area contributed by atoms with Gasteiger partial charge in [0, 0.05) is 16.2 Å². The van der Waals surface area contributed by atoms with Gasteiger partial charge in [-0.15, -0.1) is 0 Å². The van der Waals surface area contributed by atoms with Crippen molar-refractivity contribution in [2.45, 2.75) is 6.92 Å². The third-order valence-corrected chi connectivity index (χ3v) is 2.52. The van der Waals surface area contributed by atoms with Crippen molar-refractivity contribution in [2.24, 2.45) is 0 Å². The molecule has 0 aliphatic rings. The Hall–Kier alpha value is -1.76. The third kappa shape index (κ3) is 5.60. The van der Waals surface area contributed by atoms with Crippen LogP contribution in [0.5, 0.6) is 5.75 Å². The van der Waals surface area contributed by atoms with Crippen LogP contribution in [0.1, 0.15) is 6.92 Å². The first-order chi connectivity index (χ1) is 9.05. The average molecular weight is 331 g/mol. The molecule has 0 bridgehead atoms. The van der Waals surface area contributed by atoms with E-state index in [1.54, 1.807) is 25.1 Å². The number of carbonyl (C=O) groups excluding carboxylic acids is 2. The number of esters is 1. The Morgan fingerprint density at radius 3 is 2.68 bits per heavy atom. The van der Waals surface area contributed by atoms with Gasteiger partial charge in [0.1, 0.15) is 12.3 Å². The zero-order chi connectivity index (χ0) is 14.3. The number of methoxy groups -OCH3 is 1. The molecule has 7 heteroatoms. The summed E-state index contributed by atoms with van der Waals surface area (Å²) >= 11 is 3.30. The molecule has 104 valence electrons. The monoisotopic (exact) mass is 330 g/mol. The molecule has 0 saturated carbocycles. The first-order valence-electron chi connectivity index (χ1n) is 5.60. The molecule has 0 spiro atoms. The molecule has 0 heterocycles. The highest BCUT2D eigenvalue weighted by atomic mass is 79.9. The van der Waals surface area contributed by atoms with Gasteiger partial charge in [0.05, 0.1) is 13.7 Å². The van der Waals surface area contributed by atoms with Crippen LogP contribution in [0.15, 0.2) is 22.7 Å². The summed E-state index contributed by atoms with van der Waals surface area (Å²) in [5.41, 5.74) is 0.549. The molecule has 0 fully saturated rings. The van der Waals surface area contributed by atoms with Crippen molar-refractivity contribution in [1.29, 1.82) is 0 Å². The molecule has 2 amide bonds. The van der Waals surface area contributed by atoms with Crippen LogP contribution in [0.4, 0.5) is 10.5 Å². The van der Waals surface area contributed by atoms with E-state index in [9.17, 15) is 9.59 Å². The number of nitrogens with one attached hydrogen (secondary N) is 2. The molecule has 0 aromatic heterocycles. The van der Waals surface area contributed by atoms with Crippen LogP contribution in [0.25, 0.3) is 0 Å². The van der Waals surface area contributed by atoms with Crippen LogP contribution >= 0.6 is 15.9 Å². The van der Waals surface area contributed by atoms with Gasteiger partial charge in [0.2, 0.25) is 0 Å². The van der Waals surface area contributed by atoms with Gasteiger partial charge in [-0.1, -0.05) is 15.9 Å². The van der Waals surface area contributed by atoms with Crippen molar-refractivity contribution < 1.29 is 19.1 Å². The molecule has 1 aromatic carbocycles. The summed E-state index contributed by atoms with van der Waals surface area (Å²) in [4.78, 5) is 22.6. The standard InChI is InChI=1S/C12H15BrN2O4/c1-3-19-11(16)7-14-12(17)15-9-4-8(13)5-10(6-9)18-2/h4-6H,3,7H2,1-2H3,(H2,14,15,17). The SMILES string of the molecule is CCOC(=O)CNC(=O)Nc1cc(Br)cc(OC)c1. The molecule has 1 rings (SSSR count).